The lowest BCUT2D eigenvalue weighted by atomic mass is 10.0. The molecule has 2 heteroatoms. The molecule has 0 spiro atoms. The van der Waals surface area contributed by atoms with Crippen LogP contribution in [0.2, 0.25) is 0 Å². The number of aliphatic hydroxyl groups excluding tert-OH is 1. The van der Waals surface area contributed by atoms with Gasteiger partial charge in [0.1, 0.15) is 6.67 Å². The molecule has 0 aliphatic rings. The van der Waals surface area contributed by atoms with Crippen molar-refractivity contribution in [1.82, 2.24) is 0 Å². The molecule has 1 nitrogen and oxygen atoms in total. The molecule has 66 valence electrons. The van der Waals surface area contributed by atoms with Crippen molar-refractivity contribution in [3.8, 4) is 0 Å². The summed E-state index contributed by atoms with van der Waals surface area (Å²) in [7, 11) is 0. The minimum Gasteiger partial charge on any atom is -0.396 e. The summed E-state index contributed by atoms with van der Waals surface area (Å²) in [5, 5.41) is 8.84. The Balaban J connectivity index is 2.77. The lowest BCUT2D eigenvalue weighted by Crippen LogP contribution is -1.98. The Morgan fingerprint density at radius 1 is 1.33 bits per heavy atom. The minimum absolute atomic E-state index is 0.134. The van der Waals surface area contributed by atoms with Gasteiger partial charge in [-0.15, -0.1) is 0 Å². The van der Waals surface area contributed by atoms with Crippen molar-refractivity contribution in [3.63, 3.8) is 0 Å². The van der Waals surface area contributed by atoms with Crippen molar-refractivity contribution >= 4 is 0 Å². The first-order valence-corrected chi connectivity index (χ1v) is 4.03. The van der Waals surface area contributed by atoms with Gasteiger partial charge in [-0.1, -0.05) is 31.2 Å². The van der Waals surface area contributed by atoms with Gasteiger partial charge < -0.3 is 5.11 Å². The number of hydrogen-bond acceptors (Lipinski definition) is 1. The highest BCUT2D eigenvalue weighted by Crippen LogP contribution is 2.15. The monoisotopic (exact) mass is 168 g/mol. The van der Waals surface area contributed by atoms with E-state index in [4.69, 9.17) is 5.11 Å². The van der Waals surface area contributed by atoms with Crippen LogP contribution in [0.15, 0.2) is 24.3 Å². The second kappa shape index (κ2) is 4.21. The van der Waals surface area contributed by atoms with Gasteiger partial charge in [0.2, 0.25) is 0 Å². The van der Waals surface area contributed by atoms with Crippen LogP contribution in [0.25, 0.3) is 0 Å². The van der Waals surface area contributed by atoms with Crippen molar-refractivity contribution in [2.24, 2.45) is 0 Å². The molecule has 0 saturated heterocycles. The molecule has 1 atom stereocenters. The predicted molar refractivity (Wildman–Crippen MR) is 46.8 cm³/mol. The minimum atomic E-state index is -0.423. The van der Waals surface area contributed by atoms with E-state index in [0.29, 0.717) is 5.56 Å². The van der Waals surface area contributed by atoms with Crippen molar-refractivity contribution in [1.29, 1.82) is 0 Å². The number of alkyl halides is 1. The first-order chi connectivity index (χ1) is 5.77. The average molecular weight is 168 g/mol. The predicted octanol–water partition coefficient (Wildman–Crippen LogP) is 2.25. The summed E-state index contributed by atoms with van der Waals surface area (Å²) in [6.45, 7) is 1.65. The second-order valence-corrected chi connectivity index (χ2v) is 2.96. The molecule has 0 radical (unpaired) electrons. The Labute approximate surface area is 71.9 Å². The average Bonchev–Trinajstić information content (AvgIpc) is 2.17. The molecule has 0 fully saturated rings. The fourth-order valence-electron chi connectivity index (χ4n) is 1.04. The summed E-state index contributed by atoms with van der Waals surface area (Å²) >= 11 is 0. The number of halogens is 1. The Bertz CT molecular complexity index is 230. The van der Waals surface area contributed by atoms with E-state index in [-0.39, 0.29) is 12.5 Å². The highest BCUT2D eigenvalue weighted by atomic mass is 19.1. The standard InChI is InChI=1S/C10H13FO/c1-8(7-12)10-4-2-9(6-11)3-5-10/h2-5,8,12H,6-7H2,1H3. The summed E-state index contributed by atoms with van der Waals surface area (Å²) < 4.78 is 12.1. The smallest absolute Gasteiger partial charge is 0.115 e. The van der Waals surface area contributed by atoms with Crippen molar-refractivity contribution in [2.75, 3.05) is 6.61 Å². The fraction of sp³-hybridized carbons (Fsp3) is 0.400. The van der Waals surface area contributed by atoms with Crippen LogP contribution in [-0.4, -0.2) is 11.7 Å². The zero-order valence-electron chi connectivity index (χ0n) is 7.13. The van der Waals surface area contributed by atoms with E-state index in [2.05, 4.69) is 0 Å². The van der Waals surface area contributed by atoms with Gasteiger partial charge in [0.15, 0.2) is 0 Å². The van der Waals surface area contributed by atoms with Gasteiger partial charge in [-0.05, 0) is 11.1 Å². The summed E-state index contributed by atoms with van der Waals surface area (Å²) in [5.74, 6) is 0.138. The van der Waals surface area contributed by atoms with Gasteiger partial charge >= 0.3 is 0 Å². The summed E-state index contributed by atoms with van der Waals surface area (Å²) in [5.41, 5.74) is 1.73. The van der Waals surface area contributed by atoms with E-state index in [9.17, 15) is 4.39 Å². The summed E-state index contributed by atoms with van der Waals surface area (Å²) in [6.07, 6.45) is 0. The molecule has 0 amide bonds. The fourth-order valence-corrected chi connectivity index (χ4v) is 1.04. The quantitative estimate of drug-likeness (QED) is 0.734. The van der Waals surface area contributed by atoms with Crippen LogP contribution in [0.4, 0.5) is 4.39 Å². The van der Waals surface area contributed by atoms with Gasteiger partial charge in [0.05, 0.1) is 0 Å². The number of benzene rings is 1. The number of aliphatic hydroxyl groups is 1. The van der Waals surface area contributed by atoms with Gasteiger partial charge in [-0.25, -0.2) is 4.39 Å². The molecule has 0 aliphatic carbocycles. The van der Waals surface area contributed by atoms with E-state index in [1.165, 1.54) is 0 Å². The second-order valence-electron chi connectivity index (χ2n) is 2.96. The summed E-state index contributed by atoms with van der Waals surface area (Å²) in [4.78, 5) is 0. The molecule has 0 aliphatic heterocycles. The maximum absolute atomic E-state index is 12.1. The Morgan fingerprint density at radius 2 is 1.92 bits per heavy atom. The van der Waals surface area contributed by atoms with Crippen molar-refractivity contribution < 1.29 is 9.50 Å². The molecule has 0 heterocycles. The van der Waals surface area contributed by atoms with Gasteiger partial charge in [0.25, 0.3) is 0 Å². The Hall–Kier alpha value is -0.890. The Kier molecular flexibility index (Phi) is 3.23. The summed E-state index contributed by atoms with van der Waals surface area (Å²) in [6, 6.07) is 7.22. The van der Waals surface area contributed by atoms with E-state index in [1.54, 1.807) is 12.1 Å². The van der Waals surface area contributed by atoms with Crippen LogP contribution >= 0.6 is 0 Å². The van der Waals surface area contributed by atoms with Crippen LogP contribution < -0.4 is 0 Å². The first-order valence-electron chi connectivity index (χ1n) is 4.03. The molecule has 1 rings (SSSR count). The third-order valence-corrected chi connectivity index (χ3v) is 1.98. The van der Waals surface area contributed by atoms with Crippen LogP contribution in [-0.2, 0) is 6.67 Å². The molecule has 0 bridgehead atoms. The van der Waals surface area contributed by atoms with Crippen LogP contribution in [0.5, 0.6) is 0 Å². The number of rotatable bonds is 3. The van der Waals surface area contributed by atoms with E-state index in [0.717, 1.165) is 5.56 Å². The van der Waals surface area contributed by atoms with E-state index in [1.807, 2.05) is 19.1 Å². The zero-order chi connectivity index (χ0) is 8.97. The molecule has 1 unspecified atom stereocenters. The molecular weight excluding hydrogens is 155 g/mol. The maximum Gasteiger partial charge on any atom is 0.115 e. The largest absolute Gasteiger partial charge is 0.396 e. The molecule has 1 aromatic rings. The van der Waals surface area contributed by atoms with Crippen molar-refractivity contribution in [2.45, 2.75) is 19.5 Å². The van der Waals surface area contributed by atoms with Gasteiger partial charge in [-0.2, -0.15) is 0 Å². The molecule has 1 N–H and O–H groups in total. The van der Waals surface area contributed by atoms with Crippen LogP contribution in [0.3, 0.4) is 0 Å². The van der Waals surface area contributed by atoms with Crippen LogP contribution in [0, 0.1) is 0 Å². The first kappa shape index (κ1) is 9.20. The topological polar surface area (TPSA) is 20.2 Å². The number of hydrogen-bond donors (Lipinski definition) is 1. The third-order valence-electron chi connectivity index (χ3n) is 1.98. The molecule has 12 heavy (non-hydrogen) atoms. The van der Waals surface area contributed by atoms with E-state index >= 15 is 0 Å². The van der Waals surface area contributed by atoms with Crippen molar-refractivity contribution in [3.05, 3.63) is 35.4 Å². The lowest BCUT2D eigenvalue weighted by Gasteiger charge is -2.07. The zero-order valence-corrected chi connectivity index (χ0v) is 7.13. The molecule has 0 saturated carbocycles. The molecule has 1 aromatic carbocycles. The van der Waals surface area contributed by atoms with Crippen LogP contribution in [0.1, 0.15) is 24.0 Å². The third kappa shape index (κ3) is 2.05. The molecular formula is C10H13FO. The van der Waals surface area contributed by atoms with E-state index < -0.39 is 6.67 Å². The Morgan fingerprint density at radius 3 is 2.33 bits per heavy atom. The highest BCUT2D eigenvalue weighted by molar-refractivity contribution is 5.24. The van der Waals surface area contributed by atoms with Gasteiger partial charge in [0, 0.05) is 12.5 Å². The lowest BCUT2D eigenvalue weighted by molar-refractivity contribution is 0.273. The molecule has 0 aromatic heterocycles. The normalized spacial score (nSPS) is 12.9. The highest BCUT2D eigenvalue weighted by Gasteiger charge is 2.02. The maximum atomic E-state index is 12.1. The van der Waals surface area contributed by atoms with Gasteiger partial charge in [-0.3, -0.25) is 0 Å². The SMILES string of the molecule is CC(CO)c1ccc(CF)cc1.